The van der Waals surface area contributed by atoms with Gasteiger partial charge in [0.25, 0.3) is 0 Å². The second kappa shape index (κ2) is 10.0. The minimum absolute atomic E-state index is 0.0339. The molecule has 0 spiro atoms. The molecule has 7 heteroatoms. The molecule has 2 fully saturated rings. The molecule has 7 nitrogen and oxygen atoms in total. The Morgan fingerprint density at radius 1 is 0.964 bits per heavy atom. The number of carbonyl (C=O) groups is 4. The number of carbonyl (C=O) groups excluding carboxylic acids is 4. The Kier molecular flexibility index (Phi) is 8.01. The topological polar surface area (TPSA) is 86.8 Å². The van der Waals surface area contributed by atoms with Crippen molar-refractivity contribution in [3.63, 3.8) is 0 Å². The maximum Gasteiger partial charge on any atom is 0.244 e. The third kappa shape index (κ3) is 5.55. The molecule has 0 bridgehead atoms. The van der Waals surface area contributed by atoms with Crippen LogP contribution in [0.15, 0.2) is 0 Å². The van der Waals surface area contributed by atoms with Gasteiger partial charge in [-0.25, -0.2) is 0 Å². The molecule has 3 atom stereocenters. The fourth-order valence-corrected chi connectivity index (χ4v) is 4.23. The number of ketones is 1. The Balaban J connectivity index is 1.96. The van der Waals surface area contributed by atoms with Gasteiger partial charge < -0.3 is 15.1 Å². The molecule has 28 heavy (non-hydrogen) atoms. The van der Waals surface area contributed by atoms with E-state index < -0.39 is 18.0 Å². The summed E-state index contributed by atoms with van der Waals surface area (Å²) in [4.78, 5) is 53.4. The number of nitrogens with zero attached hydrogens (tertiary/aromatic N) is 2. The molecule has 0 radical (unpaired) electrons. The molecule has 0 saturated carbocycles. The molecule has 2 aliphatic heterocycles. The Bertz CT molecular complexity index is 598. The van der Waals surface area contributed by atoms with Crippen LogP contribution in [0.2, 0.25) is 0 Å². The number of piperidine rings is 1. The number of amides is 3. The molecule has 0 aromatic carbocycles. The first-order valence-electron chi connectivity index (χ1n) is 10.6. The van der Waals surface area contributed by atoms with E-state index in [9.17, 15) is 19.2 Å². The number of likely N-dealkylation sites (tertiary alicyclic amines) is 2. The highest BCUT2D eigenvalue weighted by molar-refractivity contribution is 5.94. The molecule has 158 valence electrons. The van der Waals surface area contributed by atoms with E-state index in [1.807, 2.05) is 18.7 Å². The second-order valence-corrected chi connectivity index (χ2v) is 8.51. The van der Waals surface area contributed by atoms with Crippen LogP contribution in [-0.4, -0.2) is 65.0 Å². The SMILES string of the molecule is CC(=O)N1CCC[C@H]1C(=O)C[C@H](C(=O)N[C@@H](C)C(=O)N1CCCCC1)C(C)C. The highest BCUT2D eigenvalue weighted by atomic mass is 16.2. The number of hydrogen-bond acceptors (Lipinski definition) is 4. The molecule has 2 saturated heterocycles. The molecule has 2 heterocycles. The largest absolute Gasteiger partial charge is 0.344 e. The summed E-state index contributed by atoms with van der Waals surface area (Å²) < 4.78 is 0. The summed E-state index contributed by atoms with van der Waals surface area (Å²) in [5.41, 5.74) is 0. The molecular weight excluding hydrogens is 358 g/mol. The zero-order chi connectivity index (χ0) is 20.8. The second-order valence-electron chi connectivity index (χ2n) is 8.51. The summed E-state index contributed by atoms with van der Waals surface area (Å²) in [5, 5.41) is 2.83. The molecule has 0 aromatic heterocycles. The van der Waals surface area contributed by atoms with Crippen LogP contribution >= 0.6 is 0 Å². The van der Waals surface area contributed by atoms with Gasteiger partial charge in [0, 0.05) is 38.9 Å². The first-order chi connectivity index (χ1) is 13.2. The van der Waals surface area contributed by atoms with Crippen molar-refractivity contribution in [1.29, 1.82) is 0 Å². The summed E-state index contributed by atoms with van der Waals surface area (Å²) in [6, 6.07) is -1.01. The van der Waals surface area contributed by atoms with Gasteiger partial charge in [0.15, 0.2) is 5.78 Å². The summed E-state index contributed by atoms with van der Waals surface area (Å²) in [6.07, 6.45) is 4.72. The van der Waals surface area contributed by atoms with E-state index in [0.717, 1.165) is 38.8 Å². The first kappa shape index (κ1) is 22.4. The van der Waals surface area contributed by atoms with Crippen molar-refractivity contribution in [2.24, 2.45) is 11.8 Å². The quantitative estimate of drug-likeness (QED) is 0.714. The fourth-order valence-electron chi connectivity index (χ4n) is 4.23. The van der Waals surface area contributed by atoms with Gasteiger partial charge in [-0.1, -0.05) is 13.8 Å². The van der Waals surface area contributed by atoms with Crippen LogP contribution in [0.4, 0.5) is 0 Å². The Morgan fingerprint density at radius 3 is 2.18 bits per heavy atom. The number of rotatable bonds is 7. The number of nitrogens with one attached hydrogen (secondary N) is 1. The van der Waals surface area contributed by atoms with Gasteiger partial charge in [0.05, 0.1) is 6.04 Å². The monoisotopic (exact) mass is 393 g/mol. The average molecular weight is 394 g/mol. The average Bonchev–Trinajstić information content (AvgIpc) is 3.15. The van der Waals surface area contributed by atoms with Gasteiger partial charge in [0.2, 0.25) is 17.7 Å². The third-order valence-corrected chi connectivity index (χ3v) is 5.99. The normalized spacial score (nSPS) is 22.1. The molecular formula is C21H35N3O4. The van der Waals surface area contributed by atoms with E-state index in [2.05, 4.69) is 5.32 Å². The lowest BCUT2D eigenvalue weighted by Gasteiger charge is -2.30. The molecule has 1 N–H and O–H groups in total. The number of Topliss-reactive ketones (excluding diaryl/α,β-unsaturated/α-hetero) is 1. The lowest BCUT2D eigenvalue weighted by molar-refractivity contribution is -0.140. The minimum Gasteiger partial charge on any atom is -0.344 e. The first-order valence-corrected chi connectivity index (χ1v) is 10.6. The summed E-state index contributed by atoms with van der Waals surface area (Å²) >= 11 is 0. The Labute approximate surface area is 168 Å². The predicted molar refractivity (Wildman–Crippen MR) is 106 cm³/mol. The van der Waals surface area contributed by atoms with Crippen LogP contribution in [0, 0.1) is 11.8 Å². The van der Waals surface area contributed by atoms with Crippen molar-refractivity contribution in [1.82, 2.24) is 15.1 Å². The van der Waals surface area contributed by atoms with Gasteiger partial charge in [0.1, 0.15) is 6.04 Å². The van der Waals surface area contributed by atoms with E-state index in [4.69, 9.17) is 0 Å². The zero-order valence-electron chi connectivity index (χ0n) is 17.7. The van der Waals surface area contributed by atoms with Crippen molar-refractivity contribution in [3.05, 3.63) is 0 Å². The maximum atomic E-state index is 12.8. The molecule has 0 unspecified atom stereocenters. The van der Waals surface area contributed by atoms with Crippen LogP contribution in [0.3, 0.4) is 0 Å². The third-order valence-electron chi connectivity index (χ3n) is 5.99. The Hall–Kier alpha value is -1.92. The Morgan fingerprint density at radius 2 is 1.61 bits per heavy atom. The molecule has 3 amide bonds. The van der Waals surface area contributed by atoms with Crippen molar-refractivity contribution >= 4 is 23.5 Å². The van der Waals surface area contributed by atoms with E-state index in [1.165, 1.54) is 6.92 Å². The van der Waals surface area contributed by atoms with Gasteiger partial charge in [-0.2, -0.15) is 0 Å². The van der Waals surface area contributed by atoms with Gasteiger partial charge in [-0.3, -0.25) is 19.2 Å². The van der Waals surface area contributed by atoms with Crippen molar-refractivity contribution < 1.29 is 19.2 Å². The van der Waals surface area contributed by atoms with Crippen molar-refractivity contribution in [3.8, 4) is 0 Å². The van der Waals surface area contributed by atoms with E-state index in [1.54, 1.807) is 11.8 Å². The fraction of sp³-hybridized carbons (Fsp3) is 0.810. The standard InChI is InChI=1S/C21H35N3O4/c1-14(2)17(13-19(26)18-9-8-12-24(18)16(4)25)20(27)22-15(3)21(28)23-10-6-5-7-11-23/h14-15,17-18H,5-13H2,1-4H3,(H,22,27)/t15-,17-,18-/m0/s1. The summed E-state index contributed by atoms with van der Waals surface area (Å²) in [6.45, 7) is 9.10. The maximum absolute atomic E-state index is 12.8. The molecule has 0 aliphatic carbocycles. The van der Waals surface area contributed by atoms with Crippen LogP contribution < -0.4 is 5.32 Å². The van der Waals surface area contributed by atoms with Gasteiger partial charge in [-0.15, -0.1) is 0 Å². The highest BCUT2D eigenvalue weighted by Gasteiger charge is 2.36. The molecule has 2 rings (SSSR count). The molecule has 2 aliphatic rings. The zero-order valence-corrected chi connectivity index (χ0v) is 17.7. The van der Waals surface area contributed by atoms with Gasteiger partial charge >= 0.3 is 0 Å². The lowest BCUT2D eigenvalue weighted by atomic mass is 9.87. The van der Waals surface area contributed by atoms with Crippen molar-refractivity contribution in [2.75, 3.05) is 19.6 Å². The minimum atomic E-state index is -0.595. The lowest BCUT2D eigenvalue weighted by Crippen LogP contribution is -2.50. The smallest absolute Gasteiger partial charge is 0.244 e. The summed E-state index contributed by atoms with van der Waals surface area (Å²) in [5.74, 6) is -1.00. The molecule has 0 aromatic rings. The van der Waals surface area contributed by atoms with Crippen LogP contribution in [0.25, 0.3) is 0 Å². The van der Waals surface area contributed by atoms with Crippen LogP contribution in [0.5, 0.6) is 0 Å². The van der Waals surface area contributed by atoms with Crippen LogP contribution in [0.1, 0.15) is 66.2 Å². The predicted octanol–water partition coefficient (Wildman–Crippen LogP) is 1.75. The van der Waals surface area contributed by atoms with Gasteiger partial charge in [-0.05, 0) is 44.9 Å². The highest BCUT2D eigenvalue weighted by Crippen LogP contribution is 2.24. The van der Waals surface area contributed by atoms with E-state index >= 15 is 0 Å². The number of hydrogen-bond donors (Lipinski definition) is 1. The summed E-state index contributed by atoms with van der Waals surface area (Å²) in [7, 11) is 0. The van der Waals surface area contributed by atoms with E-state index in [0.29, 0.717) is 13.0 Å². The van der Waals surface area contributed by atoms with E-state index in [-0.39, 0.29) is 35.8 Å². The van der Waals surface area contributed by atoms with Crippen molar-refractivity contribution in [2.45, 2.75) is 78.3 Å². The van der Waals surface area contributed by atoms with Crippen LogP contribution in [-0.2, 0) is 19.2 Å².